The smallest absolute Gasteiger partial charge is 0.328 e. The quantitative estimate of drug-likeness (QED) is 0.793. The first kappa shape index (κ1) is 15.4. The van der Waals surface area contributed by atoms with Crippen molar-refractivity contribution >= 4 is 11.9 Å². The lowest BCUT2D eigenvalue weighted by Crippen LogP contribution is -2.44. The van der Waals surface area contributed by atoms with Crippen LogP contribution in [0.4, 0.5) is 0 Å². The Labute approximate surface area is 124 Å². The van der Waals surface area contributed by atoms with E-state index >= 15 is 0 Å². The molecule has 2 rings (SSSR count). The minimum atomic E-state index is -0.603. The number of nitrogens with zero attached hydrogens (tertiary/aromatic N) is 1. The number of likely N-dealkylation sites (tertiary alicyclic amines) is 1. The molecule has 0 radical (unpaired) electrons. The minimum Gasteiger partial charge on any atom is -0.497 e. The monoisotopic (exact) mass is 291 g/mol. The summed E-state index contributed by atoms with van der Waals surface area (Å²) in [5.74, 6) is 0.334. The highest BCUT2D eigenvalue weighted by atomic mass is 16.5. The molecule has 5 heteroatoms. The van der Waals surface area contributed by atoms with E-state index in [2.05, 4.69) is 0 Å². The lowest BCUT2D eigenvalue weighted by molar-refractivity contribution is -0.151. The van der Waals surface area contributed by atoms with Crippen LogP contribution in [0.5, 0.6) is 5.75 Å². The van der Waals surface area contributed by atoms with Crippen LogP contribution < -0.4 is 4.74 Å². The van der Waals surface area contributed by atoms with Crippen molar-refractivity contribution in [3.8, 4) is 5.75 Å². The highest BCUT2D eigenvalue weighted by molar-refractivity contribution is 5.93. The topological polar surface area (TPSA) is 55.8 Å². The first-order chi connectivity index (χ1) is 9.93. The predicted molar refractivity (Wildman–Crippen MR) is 78.2 cm³/mol. The summed E-state index contributed by atoms with van der Waals surface area (Å²) in [5.41, 5.74) is 0.335. The molecule has 1 aromatic carbocycles. The summed E-state index contributed by atoms with van der Waals surface area (Å²) in [6.07, 6.45) is 0.680. The Bertz CT molecular complexity index is 540. The van der Waals surface area contributed by atoms with E-state index in [1.807, 2.05) is 31.2 Å². The van der Waals surface area contributed by atoms with Gasteiger partial charge in [-0.15, -0.1) is 0 Å². The lowest BCUT2D eigenvalue weighted by atomic mass is 9.81. The normalized spacial score (nSPS) is 23.0. The molecule has 0 bridgehead atoms. The van der Waals surface area contributed by atoms with E-state index in [0.29, 0.717) is 13.0 Å². The molecule has 0 aliphatic carbocycles. The van der Waals surface area contributed by atoms with Gasteiger partial charge in [0.1, 0.15) is 11.8 Å². The Kier molecular flexibility index (Phi) is 4.21. The Morgan fingerprint density at radius 3 is 2.43 bits per heavy atom. The molecule has 1 unspecified atom stereocenters. The third-order valence-electron chi connectivity index (χ3n) is 4.32. The fourth-order valence-corrected chi connectivity index (χ4v) is 2.76. The minimum absolute atomic E-state index is 0.0365. The van der Waals surface area contributed by atoms with Gasteiger partial charge in [0.2, 0.25) is 5.91 Å². The molecule has 1 heterocycles. The van der Waals surface area contributed by atoms with Gasteiger partial charge in [0.05, 0.1) is 19.6 Å². The summed E-state index contributed by atoms with van der Waals surface area (Å²) in [6, 6.07) is 6.95. The third kappa shape index (κ3) is 2.60. The van der Waals surface area contributed by atoms with Gasteiger partial charge < -0.3 is 14.4 Å². The molecule has 1 saturated heterocycles. The van der Waals surface area contributed by atoms with Gasteiger partial charge in [-0.3, -0.25) is 4.79 Å². The molecule has 0 saturated carbocycles. The molecular weight excluding hydrogens is 270 g/mol. The molecular formula is C16H21NO4. The van der Waals surface area contributed by atoms with Crippen molar-refractivity contribution in [2.24, 2.45) is 0 Å². The molecule has 21 heavy (non-hydrogen) atoms. The molecule has 5 nitrogen and oxygen atoms in total. The van der Waals surface area contributed by atoms with Crippen LogP contribution in [-0.2, 0) is 19.7 Å². The Morgan fingerprint density at radius 2 is 1.90 bits per heavy atom. The van der Waals surface area contributed by atoms with E-state index in [9.17, 15) is 9.59 Å². The van der Waals surface area contributed by atoms with Gasteiger partial charge in [0.25, 0.3) is 0 Å². The number of methoxy groups -OCH3 is 2. The van der Waals surface area contributed by atoms with E-state index < -0.39 is 11.5 Å². The molecule has 1 aliphatic rings. The lowest BCUT2D eigenvalue weighted by Gasteiger charge is -2.26. The summed E-state index contributed by atoms with van der Waals surface area (Å²) in [6.45, 7) is 4.17. The fraction of sp³-hybridized carbons (Fsp3) is 0.500. The largest absolute Gasteiger partial charge is 0.497 e. The van der Waals surface area contributed by atoms with Crippen LogP contribution in [0.25, 0.3) is 0 Å². The van der Waals surface area contributed by atoms with Crippen molar-refractivity contribution in [3.63, 3.8) is 0 Å². The van der Waals surface area contributed by atoms with Crippen LogP contribution in [0.2, 0.25) is 0 Å². The van der Waals surface area contributed by atoms with Crippen LogP contribution >= 0.6 is 0 Å². The fourth-order valence-electron chi connectivity index (χ4n) is 2.76. The van der Waals surface area contributed by atoms with Gasteiger partial charge in [0.15, 0.2) is 0 Å². The molecule has 2 atom stereocenters. The van der Waals surface area contributed by atoms with Crippen LogP contribution in [0.15, 0.2) is 24.3 Å². The number of ether oxygens (including phenoxy) is 2. The molecule has 0 aromatic heterocycles. The Morgan fingerprint density at radius 1 is 1.29 bits per heavy atom. The summed E-state index contributed by atoms with van der Waals surface area (Å²) in [5, 5.41) is 0. The van der Waals surface area contributed by atoms with Crippen LogP contribution in [-0.4, -0.2) is 43.6 Å². The van der Waals surface area contributed by atoms with E-state index in [1.54, 1.807) is 18.9 Å². The maximum absolute atomic E-state index is 12.7. The molecule has 0 spiro atoms. The van der Waals surface area contributed by atoms with Crippen LogP contribution in [0.3, 0.4) is 0 Å². The summed E-state index contributed by atoms with van der Waals surface area (Å²) < 4.78 is 9.87. The number of carbonyl (C=O) groups excluding carboxylic acids is 2. The van der Waals surface area contributed by atoms with Gasteiger partial charge in [-0.05, 0) is 38.0 Å². The number of rotatable bonds is 4. The third-order valence-corrected chi connectivity index (χ3v) is 4.32. The molecule has 1 aliphatic heterocycles. The van der Waals surface area contributed by atoms with E-state index in [-0.39, 0.29) is 11.9 Å². The van der Waals surface area contributed by atoms with Gasteiger partial charge in [-0.2, -0.15) is 0 Å². The zero-order valence-electron chi connectivity index (χ0n) is 12.9. The van der Waals surface area contributed by atoms with Gasteiger partial charge in [-0.1, -0.05) is 12.1 Å². The molecule has 1 aromatic rings. The second kappa shape index (κ2) is 5.76. The average molecular weight is 291 g/mol. The van der Waals surface area contributed by atoms with Crippen molar-refractivity contribution in [1.82, 2.24) is 4.90 Å². The van der Waals surface area contributed by atoms with Crippen molar-refractivity contribution in [1.29, 1.82) is 0 Å². The second-order valence-corrected chi connectivity index (χ2v) is 5.51. The highest BCUT2D eigenvalue weighted by Crippen LogP contribution is 2.37. The SMILES string of the molecule is COC(=O)[C@@H](C)N1CCC(C)(c2ccc(OC)cc2)C1=O. The zero-order chi connectivity index (χ0) is 15.6. The van der Waals surface area contributed by atoms with Crippen LogP contribution in [0.1, 0.15) is 25.8 Å². The van der Waals surface area contributed by atoms with Gasteiger partial charge in [0, 0.05) is 6.54 Å². The number of benzene rings is 1. The molecule has 1 amide bonds. The Hall–Kier alpha value is -2.04. The van der Waals surface area contributed by atoms with Crippen molar-refractivity contribution in [2.75, 3.05) is 20.8 Å². The number of carbonyl (C=O) groups is 2. The first-order valence-electron chi connectivity index (χ1n) is 6.97. The average Bonchev–Trinajstić information content (AvgIpc) is 2.82. The molecule has 1 fully saturated rings. The molecule has 0 N–H and O–H groups in total. The van der Waals surface area contributed by atoms with Crippen molar-refractivity contribution in [2.45, 2.75) is 31.7 Å². The summed E-state index contributed by atoms with van der Waals surface area (Å²) in [4.78, 5) is 26.0. The summed E-state index contributed by atoms with van der Waals surface area (Å²) >= 11 is 0. The number of hydrogen-bond acceptors (Lipinski definition) is 4. The van der Waals surface area contributed by atoms with Gasteiger partial charge in [-0.25, -0.2) is 4.79 Å². The standard InChI is InChI=1S/C16H21NO4/c1-11(14(18)21-4)17-10-9-16(2,15(17)19)12-5-7-13(20-3)8-6-12/h5-8,11H,9-10H2,1-4H3/t11-,16?/m1/s1. The highest BCUT2D eigenvalue weighted by Gasteiger charge is 2.46. The second-order valence-electron chi connectivity index (χ2n) is 5.51. The van der Waals surface area contributed by atoms with Gasteiger partial charge >= 0.3 is 5.97 Å². The van der Waals surface area contributed by atoms with Crippen molar-refractivity contribution < 1.29 is 19.1 Å². The Balaban J connectivity index is 2.24. The zero-order valence-corrected chi connectivity index (χ0v) is 12.9. The van der Waals surface area contributed by atoms with Crippen molar-refractivity contribution in [3.05, 3.63) is 29.8 Å². The predicted octanol–water partition coefficient (Wildman–Crippen LogP) is 1.75. The number of hydrogen-bond donors (Lipinski definition) is 0. The number of esters is 1. The maximum atomic E-state index is 12.7. The summed E-state index contributed by atoms with van der Waals surface area (Å²) in [7, 11) is 2.94. The number of amides is 1. The van der Waals surface area contributed by atoms with E-state index in [0.717, 1.165) is 11.3 Å². The van der Waals surface area contributed by atoms with E-state index in [1.165, 1.54) is 7.11 Å². The maximum Gasteiger partial charge on any atom is 0.328 e. The molecule has 114 valence electrons. The van der Waals surface area contributed by atoms with Crippen LogP contribution in [0, 0.1) is 0 Å². The van der Waals surface area contributed by atoms with E-state index in [4.69, 9.17) is 9.47 Å². The first-order valence-corrected chi connectivity index (χ1v) is 6.97.